The van der Waals surface area contributed by atoms with Gasteiger partial charge in [-0.2, -0.15) is 0 Å². The number of hydrogen-bond donors (Lipinski definition) is 2. The number of benzene rings is 1. The van der Waals surface area contributed by atoms with Crippen molar-refractivity contribution in [3.8, 4) is 0 Å². The molecule has 1 aromatic carbocycles. The van der Waals surface area contributed by atoms with Crippen LogP contribution in [0.5, 0.6) is 0 Å². The molecule has 0 saturated carbocycles. The van der Waals surface area contributed by atoms with E-state index in [2.05, 4.69) is 15.3 Å². The third-order valence-electron chi connectivity index (χ3n) is 2.85. The number of nitrogens with one attached hydrogen (secondary N) is 2. The van der Waals surface area contributed by atoms with E-state index in [0.717, 1.165) is 34.8 Å². The van der Waals surface area contributed by atoms with E-state index in [1.165, 1.54) is 6.42 Å². The van der Waals surface area contributed by atoms with Crippen molar-refractivity contribution in [2.75, 3.05) is 6.54 Å². The first kappa shape index (κ1) is 9.19. The van der Waals surface area contributed by atoms with Crippen LogP contribution in [0.4, 0.5) is 0 Å². The molecule has 0 radical (unpaired) electrons. The van der Waals surface area contributed by atoms with Crippen LogP contribution in [-0.4, -0.2) is 16.5 Å². The van der Waals surface area contributed by atoms with Crippen LogP contribution in [0.2, 0.25) is 5.02 Å². The Hall–Kier alpha value is -1.06. The van der Waals surface area contributed by atoms with Gasteiger partial charge in [0, 0.05) is 5.02 Å². The van der Waals surface area contributed by atoms with Gasteiger partial charge >= 0.3 is 0 Å². The molecule has 4 heteroatoms. The molecule has 0 bridgehead atoms. The fourth-order valence-corrected chi connectivity index (χ4v) is 2.26. The molecule has 2 heterocycles. The predicted octanol–water partition coefficient (Wildman–Crippen LogP) is 2.64. The number of hydrogen-bond acceptors (Lipinski definition) is 2. The summed E-state index contributed by atoms with van der Waals surface area (Å²) < 4.78 is 0. The zero-order valence-electron chi connectivity index (χ0n) is 8.26. The van der Waals surface area contributed by atoms with Crippen LogP contribution in [0.3, 0.4) is 0 Å². The molecular formula is C11H12ClN3. The SMILES string of the molecule is Clc1ccc2nc([C@H]3CCCN3)[nH]c2c1. The summed E-state index contributed by atoms with van der Waals surface area (Å²) in [5.74, 6) is 1.03. The normalized spacial score (nSPS) is 21.3. The maximum Gasteiger partial charge on any atom is 0.124 e. The van der Waals surface area contributed by atoms with Gasteiger partial charge < -0.3 is 10.3 Å². The highest BCUT2D eigenvalue weighted by molar-refractivity contribution is 6.31. The average Bonchev–Trinajstić information content (AvgIpc) is 2.84. The molecule has 1 atom stereocenters. The molecule has 1 fully saturated rings. The summed E-state index contributed by atoms with van der Waals surface area (Å²) in [4.78, 5) is 7.88. The quantitative estimate of drug-likeness (QED) is 0.777. The van der Waals surface area contributed by atoms with Gasteiger partial charge in [-0.3, -0.25) is 0 Å². The summed E-state index contributed by atoms with van der Waals surface area (Å²) in [5.41, 5.74) is 2.01. The number of rotatable bonds is 1. The van der Waals surface area contributed by atoms with Crippen molar-refractivity contribution < 1.29 is 0 Å². The van der Waals surface area contributed by atoms with E-state index in [1.54, 1.807) is 0 Å². The second-order valence-corrected chi connectivity index (χ2v) is 4.37. The molecule has 1 aliphatic rings. The van der Waals surface area contributed by atoms with E-state index in [4.69, 9.17) is 11.6 Å². The Labute approximate surface area is 92.8 Å². The highest BCUT2D eigenvalue weighted by atomic mass is 35.5. The first-order valence-corrected chi connectivity index (χ1v) is 5.59. The second kappa shape index (κ2) is 3.51. The number of H-pyrrole nitrogens is 1. The van der Waals surface area contributed by atoms with Crippen LogP contribution >= 0.6 is 11.6 Å². The fourth-order valence-electron chi connectivity index (χ4n) is 2.08. The van der Waals surface area contributed by atoms with Gasteiger partial charge in [-0.25, -0.2) is 4.98 Å². The van der Waals surface area contributed by atoms with Crippen molar-refractivity contribution in [2.45, 2.75) is 18.9 Å². The molecule has 0 spiro atoms. The summed E-state index contributed by atoms with van der Waals surface area (Å²) in [7, 11) is 0. The molecular weight excluding hydrogens is 210 g/mol. The van der Waals surface area contributed by atoms with Gasteiger partial charge in [0.2, 0.25) is 0 Å². The second-order valence-electron chi connectivity index (χ2n) is 3.93. The largest absolute Gasteiger partial charge is 0.341 e. The fraction of sp³-hybridized carbons (Fsp3) is 0.364. The lowest BCUT2D eigenvalue weighted by Crippen LogP contribution is -2.13. The standard InChI is InChI=1S/C11H12ClN3/c12-7-3-4-8-10(6-7)15-11(14-8)9-2-1-5-13-9/h3-4,6,9,13H,1-2,5H2,(H,14,15)/t9-/m1/s1. The monoisotopic (exact) mass is 221 g/mol. The zero-order valence-corrected chi connectivity index (χ0v) is 9.01. The van der Waals surface area contributed by atoms with Gasteiger partial charge in [0.1, 0.15) is 5.82 Å². The maximum absolute atomic E-state index is 5.92. The Morgan fingerprint density at radius 1 is 1.40 bits per heavy atom. The van der Waals surface area contributed by atoms with Crippen LogP contribution in [0.1, 0.15) is 24.7 Å². The minimum absolute atomic E-state index is 0.385. The van der Waals surface area contributed by atoms with Crippen LogP contribution in [0.15, 0.2) is 18.2 Å². The van der Waals surface area contributed by atoms with Gasteiger partial charge in [0.15, 0.2) is 0 Å². The lowest BCUT2D eigenvalue weighted by Gasteiger charge is -2.04. The molecule has 78 valence electrons. The summed E-state index contributed by atoms with van der Waals surface area (Å²) in [5, 5.41) is 4.17. The van der Waals surface area contributed by atoms with Crippen molar-refractivity contribution in [1.82, 2.24) is 15.3 Å². The lowest BCUT2D eigenvalue weighted by atomic mass is 10.2. The summed E-state index contributed by atoms with van der Waals surface area (Å²) in [6.07, 6.45) is 2.38. The number of fused-ring (bicyclic) bond motifs is 1. The number of imidazole rings is 1. The Morgan fingerprint density at radius 2 is 2.33 bits per heavy atom. The molecule has 2 N–H and O–H groups in total. The lowest BCUT2D eigenvalue weighted by molar-refractivity contribution is 0.614. The maximum atomic E-state index is 5.92. The summed E-state index contributed by atoms with van der Waals surface area (Å²) in [6.45, 7) is 1.09. The van der Waals surface area contributed by atoms with Gasteiger partial charge in [-0.1, -0.05) is 11.6 Å². The first-order valence-electron chi connectivity index (χ1n) is 5.21. The molecule has 1 aliphatic heterocycles. The number of nitrogens with zero attached hydrogens (tertiary/aromatic N) is 1. The van der Waals surface area contributed by atoms with E-state index < -0.39 is 0 Å². The Kier molecular flexibility index (Phi) is 2.15. The topological polar surface area (TPSA) is 40.7 Å². The number of aromatic amines is 1. The third-order valence-corrected chi connectivity index (χ3v) is 3.09. The van der Waals surface area contributed by atoms with Crippen LogP contribution in [0, 0.1) is 0 Å². The van der Waals surface area contributed by atoms with Gasteiger partial charge in [-0.15, -0.1) is 0 Å². The smallest absolute Gasteiger partial charge is 0.124 e. The predicted molar refractivity (Wildman–Crippen MR) is 61.1 cm³/mol. The highest BCUT2D eigenvalue weighted by Gasteiger charge is 2.19. The van der Waals surface area contributed by atoms with E-state index >= 15 is 0 Å². The minimum Gasteiger partial charge on any atom is -0.341 e. The molecule has 1 saturated heterocycles. The van der Waals surface area contributed by atoms with Crippen molar-refractivity contribution in [3.05, 3.63) is 29.0 Å². The van der Waals surface area contributed by atoms with E-state index in [9.17, 15) is 0 Å². The zero-order chi connectivity index (χ0) is 10.3. The van der Waals surface area contributed by atoms with Gasteiger partial charge in [0.25, 0.3) is 0 Å². The molecule has 1 aromatic heterocycles. The third kappa shape index (κ3) is 1.62. The van der Waals surface area contributed by atoms with Crippen molar-refractivity contribution in [1.29, 1.82) is 0 Å². The van der Waals surface area contributed by atoms with E-state index in [1.807, 2.05) is 18.2 Å². The number of aromatic nitrogens is 2. The molecule has 2 aromatic rings. The van der Waals surface area contributed by atoms with Crippen molar-refractivity contribution in [3.63, 3.8) is 0 Å². The van der Waals surface area contributed by atoms with Crippen LogP contribution in [-0.2, 0) is 0 Å². The number of halogens is 1. The minimum atomic E-state index is 0.385. The Morgan fingerprint density at radius 3 is 3.13 bits per heavy atom. The average molecular weight is 222 g/mol. The summed E-state index contributed by atoms with van der Waals surface area (Å²) in [6, 6.07) is 6.13. The van der Waals surface area contributed by atoms with Crippen LogP contribution < -0.4 is 5.32 Å². The Balaban J connectivity index is 2.05. The molecule has 0 aliphatic carbocycles. The van der Waals surface area contributed by atoms with Crippen LogP contribution in [0.25, 0.3) is 11.0 Å². The first-order chi connectivity index (χ1) is 7.33. The molecule has 3 rings (SSSR count). The Bertz CT molecular complexity index is 486. The molecule has 15 heavy (non-hydrogen) atoms. The van der Waals surface area contributed by atoms with Crippen molar-refractivity contribution in [2.24, 2.45) is 0 Å². The highest BCUT2D eigenvalue weighted by Crippen LogP contribution is 2.24. The van der Waals surface area contributed by atoms with Gasteiger partial charge in [-0.05, 0) is 37.6 Å². The van der Waals surface area contributed by atoms with Crippen molar-refractivity contribution >= 4 is 22.6 Å². The summed E-state index contributed by atoms with van der Waals surface area (Å²) >= 11 is 5.92. The van der Waals surface area contributed by atoms with Gasteiger partial charge in [0.05, 0.1) is 17.1 Å². The van der Waals surface area contributed by atoms with E-state index in [0.29, 0.717) is 6.04 Å². The van der Waals surface area contributed by atoms with E-state index in [-0.39, 0.29) is 0 Å². The molecule has 0 unspecified atom stereocenters. The molecule has 0 amide bonds. The molecule has 3 nitrogen and oxygen atoms in total.